The molecule has 0 heterocycles. The van der Waals surface area contributed by atoms with E-state index in [9.17, 15) is 9.18 Å². The lowest BCUT2D eigenvalue weighted by atomic mass is 10.2. The average Bonchev–Trinajstić information content (AvgIpc) is 2.11. The molecule has 0 aliphatic carbocycles. The fourth-order valence-corrected chi connectivity index (χ4v) is 1.00. The largest absolute Gasteiger partial charge is 0.323 e. The highest BCUT2D eigenvalue weighted by Gasteiger charge is 2.04. The van der Waals surface area contributed by atoms with E-state index in [0.29, 0.717) is 0 Å². The van der Waals surface area contributed by atoms with E-state index in [2.05, 4.69) is 17.9 Å². The van der Waals surface area contributed by atoms with Gasteiger partial charge >= 0.3 is 0 Å². The molecule has 0 unspecified atom stereocenters. The molecule has 70 valence electrons. The van der Waals surface area contributed by atoms with Crippen molar-refractivity contribution in [3.05, 3.63) is 29.6 Å². The van der Waals surface area contributed by atoms with Crippen molar-refractivity contribution in [3.8, 4) is 0 Å². The number of benzene rings is 1. The fourth-order valence-electron chi connectivity index (χ4n) is 0.925. The number of hydrogen-bond donors (Lipinski definition) is 2. The van der Waals surface area contributed by atoms with Gasteiger partial charge in [0.05, 0.1) is 11.4 Å². The molecule has 0 saturated carbocycles. The van der Waals surface area contributed by atoms with Crippen LogP contribution in [0, 0.1) is 12.7 Å². The molecule has 4 heteroatoms. The van der Waals surface area contributed by atoms with Gasteiger partial charge < -0.3 is 5.32 Å². The summed E-state index contributed by atoms with van der Waals surface area (Å²) in [6.07, 6.45) is 0. The minimum Gasteiger partial charge on any atom is -0.323 e. The van der Waals surface area contributed by atoms with Gasteiger partial charge in [-0.3, -0.25) is 4.79 Å². The van der Waals surface area contributed by atoms with Gasteiger partial charge in [0.1, 0.15) is 5.82 Å². The number of anilines is 1. The molecule has 1 N–H and O–H groups in total. The third kappa shape index (κ3) is 2.73. The maximum atomic E-state index is 13.0. The van der Waals surface area contributed by atoms with E-state index in [1.165, 1.54) is 6.07 Å². The summed E-state index contributed by atoms with van der Waals surface area (Å²) in [4.78, 5) is 10.9. The topological polar surface area (TPSA) is 29.1 Å². The third-order valence-corrected chi connectivity index (χ3v) is 1.83. The van der Waals surface area contributed by atoms with Crippen LogP contribution in [0.4, 0.5) is 10.1 Å². The quantitative estimate of drug-likeness (QED) is 0.701. The molecule has 1 aromatic carbocycles. The minimum absolute atomic E-state index is 0.0490. The SMILES string of the molecule is Cc1ccc(F)c(NC(=O)CS)c1. The maximum Gasteiger partial charge on any atom is 0.234 e. The number of hydrogen-bond acceptors (Lipinski definition) is 2. The van der Waals surface area contributed by atoms with Crippen molar-refractivity contribution in [3.63, 3.8) is 0 Å². The van der Waals surface area contributed by atoms with Crippen LogP contribution in [0.3, 0.4) is 0 Å². The van der Waals surface area contributed by atoms with E-state index in [1.807, 2.05) is 6.92 Å². The highest BCUT2D eigenvalue weighted by molar-refractivity contribution is 7.81. The summed E-state index contributed by atoms with van der Waals surface area (Å²) >= 11 is 3.77. The van der Waals surface area contributed by atoms with E-state index in [0.717, 1.165) is 5.56 Å². The Morgan fingerprint density at radius 2 is 2.31 bits per heavy atom. The van der Waals surface area contributed by atoms with Crippen LogP contribution in [0.15, 0.2) is 18.2 Å². The van der Waals surface area contributed by atoms with Gasteiger partial charge in [0, 0.05) is 0 Å². The Hall–Kier alpha value is -1.03. The van der Waals surface area contributed by atoms with Gasteiger partial charge in [-0.05, 0) is 24.6 Å². The highest BCUT2D eigenvalue weighted by Crippen LogP contribution is 2.15. The van der Waals surface area contributed by atoms with Crippen LogP contribution >= 0.6 is 12.6 Å². The lowest BCUT2D eigenvalue weighted by Gasteiger charge is -2.05. The normalized spacial score (nSPS) is 9.77. The summed E-state index contributed by atoms with van der Waals surface area (Å²) < 4.78 is 13.0. The summed E-state index contributed by atoms with van der Waals surface area (Å²) in [5.41, 5.74) is 1.11. The molecule has 0 aliphatic heterocycles. The Balaban J connectivity index is 2.87. The zero-order chi connectivity index (χ0) is 9.84. The Morgan fingerprint density at radius 3 is 2.92 bits per heavy atom. The molecule has 13 heavy (non-hydrogen) atoms. The zero-order valence-corrected chi connectivity index (χ0v) is 8.07. The molecule has 0 bridgehead atoms. The lowest BCUT2D eigenvalue weighted by Crippen LogP contribution is -2.13. The van der Waals surface area contributed by atoms with Crippen molar-refractivity contribution in [1.82, 2.24) is 0 Å². The van der Waals surface area contributed by atoms with Crippen LogP contribution in [0.2, 0.25) is 0 Å². The predicted molar refractivity (Wildman–Crippen MR) is 53.6 cm³/mol. The van der Waals surface area contributed by atoms with Gasteiger partial charge in [0.25, 0.3) is 0 Å². The van der Waals surface area contributed by atoms with E-state index >= 15 is 0 Å². The molecule has 1 amide bonds. The number of aryl methyl sites for hydroxylation is 1. The highest BCUT2D eigenvalue weighted by atomic mass is 32.1. The van der Waals surface area contributed by atoms with Crippen LogP contribution in [0.1, 0.15) is 5.56 Å². The molecule has 0 radical (unpaired) electrons. The fraction of sp³-hybridized carbons (Fsp3) is 0.222. The van der Waals surface area contributed by atoms with Crippen molar-refractivity contribution in [1.29, 1.82) is 0 Å². The molecule has 0 atom stereocenters. The van der Waals surface area contributed by atoms with Crippen molar-refractivity contribution < 1.29 is 9.18 Å². The van der Waals surface area contributed by atoms with Crippen molar-refractivity contribution in [2.75, 3.05) is 11.1 Å². The van der Waals surface area contributed by atoms with Crippen molar-refractivity contribution in [2.45, 2.75) is 6.92 Å². The third-order valence-electron chi connectivity index (χ3n) is 1.54. The predicted octanol–water partition coefficient (Wildman–Crippen LogP) is 2.00. The first-order valence-corrected chi connectivity index (χ1v) is 4.43. The number of carbonyl (C=O) groups is 1. The van der Waals surface area contributed by atoms with Gasteiger partial charge in [-0.25, -0.2) is 4.39 Å². The number of carbonyl (C=O) groups excluding carboxylic acids is 1. The second-order valence-corrected chi connectivity index (χ2v) is 3.01. The molecule has 2 nitrogen and oxygen atoms in total. The smallest absolute Gasteiger partial charge is 0.234 e. The van der Waals surface area contributed by atoms with Gasteiger partial charge in [0.2, 0.25) is 5.91 Å². The van der Waals surface area contributed by atoms with Gasteiger partial charge in [-0.15, -0.1) is 0 Å². The number of halogens is 1. The van der Waals surface area contributed by atoms with E-state index in [1.54, 1.807) is 12.1 Å². The second kappa shape index (κ2) is 4.28. The van der Waals surface area contributed by atoms with Crippen molar-refractivity contribution in [2.24, 2.45) is 0 Å². The average molecular weight is 199 g/mol. The number of thiol groups is 1. The first-order chi connectivity index (χ1) is 6.13. The Bertz CT molecular complexity index is 327. The van der Waals surface area contributed by atoms with E-state index < -0.39 is 5.82 Å². The van der Waals surface area contributed by atoms with E-state index in [-0.39, 0.29) is 17.3 Å². The van der Waals surface area contributed by atoms with Crippen LogP contribution in [-0.4, -0.2) is 11.7 Å². The maximum absolute atomic E-state index is 13.0. The summed E-state index contributed by atoms with van der Waals surface area (Å²) in [5.74, 6) is -0.693. The summed E-state index contributed by atoms with van der Waals surface area (Å²) in [5, 5.41) is 2.41. The standard InChI is InChI=1S/C9H10FNOS/c1-6-2-3-7(10)8(4-6)11-9(12)5-13/h2-4,13H,5H2,1H3,(H,11,12). The Labute approximate surface area is 81.6 Å². The van der Waals surface area contributed by atoms with Gasteiger partial charge in [-0.1, -0.05) is 6.07 Å². The molecule has 0 spiro atoms. The number of nitrogens with one attached hydrogen (secondary N) is 1. The van der Waals surface area contributed by atoms with Crippen LogP contribution in [-0.2, 0) is 4.79 Å². The first-order valence-electron chi connectivity index (χ1n) is 3.80. The Morgan fingerprint density at radius 1 is 1.62 bits per heavy atom. The number of amides is 1. The molecule has 0 fully saturated rings. The monoisotopic (exact) mass is 199 g/mol. The second-order valence-electron chi connectivity index (χ2n) is 2.69. The minimum atomic E-state index is -0.430. The van der Waals surface area contributed by atoms with Gasteiger partial charge in [0.15, 0.2) is 0 Å². The summed E-state index contributed by atoms with van der Waals surface area (Å²) in [7, 11) is 0. The summed E-state index contributed by atoms with van der Waals surface area (Å²) in [6, 6.07) is 4.55. The molecular formula is C9H10FNOS. The molecule has 1 aromatic rings. The molecule has 0 saturated heterocycles. The lowest BCUT2D eigenvalue weighted by molar-refractivity contribution is -0.113. The van der Waals surface area contributed by atoms with E-state index in [4.69, 9.17) is 0 Å². The van der Waals surface area contributed by atoms with Crippen LogP contribution in [0.25, 0.3) is 0 Å². The molecular weight excluding hydrogens is 189 g/mol. The molecule has 1 rings (SSSR count). The summed E-state index contributed by atoms with van der Waals surface area (Å²) in [6.45, 7) is 1.83. The van der Waals surface area contributed by atoms with Gasteiger partial charge in [-0.2, -0.15) is 12.6 Å². The number of rotatable bonds is 2. The van der Waals surface area contributed by atoms with Crippen LogP contribution < -0.4 is 5.32 Å². The van der Waals surface area contributed by atoms with Crippen molar-refractivity contribution >= 4 is 24.2 Å². The molecule has 0 aromatic heterocycles. The first kappa shape index (κ1) is 10.1. The molecule has 0 aliphatic rings. The zero-order valence-electron chi connectivity index (χ0n) is 7.17. The van der Waals surface area contributed by atoms with Crippen LogP contribution in [0.5, 0.6) is 0 Å². The Kier molecular flexibility index (Phi) is 3.31.